The maximum atomic E-state index is 13.4. The number of carbonyl (C=O) groups excluding carboxylic acids is 1. The zero-order valence-corrected chi connectivity index (χ0v) is 17.6. The first-order chi connectivity index (χ1) is 12.6. The van der Waals surface area contributed by atoms with E-state index in [-0.39, 0.29) is 5.78 Å². The van der Waals surface area contributed by atoms with Gasteiger partial charge in [-0.05, 0) is 55.2 Å². The number of ketones is 1. The first-order valence-corrected chi connectivity index (χ1v) is 10.0. The van der Waals surface area contributed by atoms with Gasteiger partial charge >= 0.3 is 0 Å². The second kappa shape index (κ2) is 6.10. The minimum atomic E-state index is 0.236. The zero-order valence-electron chi connectivity index (χ0n) is 17.6. The molecule has 2 heterocycles. The lowest BCUT2D eigenvalue weighted by molar-refractivity contribution is 0.0900. The maximum Gasteiger partial charge on any atom is 0.179 e. The van der Waals surface area contributed by atoms with Gasteiger partial charge in [0.15, 0.2) is 5.78 Å². The number of aryl methyl sites for hydroxylation is 1. The summed E-state index contributed by atoms with van der Waals surface area (Å²) in [5.74, 6) is 1.04. The molecule has 0 N–H and O–H groups in total. The van der Waals surface area contributed by atoms with E-state index >= 15 is 0 Å². The number of benzene rings is 1. The van der Waals surface area contributed by atoms with E-state index in [1.54, 1.807) is 7.11 Å². The van der Waals surface area contributed by atoms with Gasteiger partial charge in [-0.25, -0.2) is 0 Å². The Hall–Kier alpha value is -1.81. The van der Waals surface area contributed by atoms with Crippen LogP contribution in [-0.4, -0.2) is 41.5 Å². The summed E-state index contributed by atoms with van der Waals surface area (Å²) in [6, 6.07) is 6.54. The van der Waals surface area contributed by atoms with Crippen molar-refractivity contribution >= 4 is 16.7 Å². The van der Waals surface area contributed by atoms with E-state index in [1.807, 2.05) is 32.2 Å². The SMILES string of the molecule is COc1ccc2c(c1)c(C(=O)CN1C[C@]3(C)C[C@@H]1CC(C)(C)C3)c(C)n2C. The fraction of sp³-hybridized carbons (Fsp3) is 0.609. The number of likely N-dealkylation sites (tertiary alicyclic amines) is 1. The van der Waals surface area contributed by atoms with Gasteiger partial charge in [-0.15, -0.1) is 0 Å². The molecule has 1 aromatic carbocycles. The summed E-state index contributed by atoms with van der Waals surface area (Å²) in [7, 11) is 3.71. The molecule has 4 nitrogen and oxygen atoms in total. The predicted molar refractivity (Wildman–Crippen MR) is 110 cm³/mol. The molecule has 1 saturated carbocycles. The maximum absolute atomic E-state index is 13.4. The van der Waals surface area contributed by atoms with Gasteiger partial charge in [0, 0.05) is 41.8 Å². The molecule has 2 bridgehead atoms. The summed E-state index contributed by atoms with van der Waals surface area (Å²) >= 11 is 0. The van der Waals surface area contributed by atoms with Crippen molar-refractivity contribution in [1.82, 2.24) is 9.47 Å². The van der Waals surface area contributed by atoms with Crippen molar-refractivity contribution in [3.63, 3.8) is 0 Å². The van der Waals surface area contributed by atoms with Crippen molar-refractivity contribution in [2.45, 2.75) is 53.0 Å². The Labute approximate surface area is 162 Å². The number of methoxy groups -OCH3 is 1. The monoisotopic (exact) mass is 368 g/mol. The van der Waals surface area contributed by atoms with Crippen LogP contribution >= 0.6 is 0 Å². The van der Waals surface area contributed by atoms with Crippen LogP contribution in [0.5, 0.6) is 5.75 Å². The van der Waals surface area contributed by atoms with Crippen LogP contribution in [0.3, 0.4) is 0 Å². The summed E-state index contributed by atoms with van der Waals surface area (Å²) in [6.07, 6.45) is 3.68. The normalized spacial score (nSPS) is 27.3. The number of hydrogen-bond donors (Lipinski definition) is 0. The quantitative estimate of drug-likeness (QED) is 0.741. The molecule has 1 saturated heterocycles. The number of aromatic nitrogens is 1. The van der Waals surface area contributed by atoms with Gasteiger partial charge in [-0.1, -0.05) is 20.8 Å². The lowest BCUT2D eigenvalue weighted by atomic mass is 9.65. The number of ether oxygens (including phenoxy) is 1. The van der Waals surface area contributed by atoms with Gasteiger partial charge in [0.05, 0.1) is 13.7 Å². The van der Waals surface area contributed by atoms with E-state index in [4.69, 9.17) is 4.74 Å². The number of Topliss-reactive ketones (excluding diaryl/α,β-unsaturated/α-hetero) is 1. The van der Waals surface area contributed by atoms with E-state index in [0.717, 1.165) is 34.5 Å². The minimum Gasteiger partial charge on any atom is -0.497 e. The minimum absolute atomic E-state index is 0.236. The standard InChI is InChI=1S/C23H32N2O2/c1-15-21(18-9-17(27-6)7-8-19(18)24(15)5)20(26)12-25-14-23(4)11-16(25)10-22(2,3)13-23/h7-9,16H,10-14H2,1-6H3/t16-,23+/m0/s1. The fourth-order valence-electron chi connectivity index (χ4n) is 6.06. The summed E-state index contributed by atoms with van der Waals surface area (Å²) < 4.78 is 7.52. The molecule has 0 amide bonds. The first-order valence-electron chi connectivity index (χ1n) is 10.0. The summed E-state index contributed by atoms with van der Waals surface area (Å²) in [4.78, 5) is 15.9. The molecule has 1 aromatic heterocycles. The largest absolute Gasteiger partial charge is 0.497 e. The fourth-order valence-corrected chi connectivity index (χ4v) is 6.06. The molecule has 0 unspecified atom stereocenters. The van der Waals surface area contributed by atoms with Crippen molar-refractivity contribution in [1.29, 1.82) is 0 Å². The molecule has 4 heteroatoms. The lowest BCUT2D eigenvalue weighted by Gasteiger charge is -2.39. The molecular weight excluding hydrogens is 336 g/mol. The molecule has 2 atom stereocenters. The van der Waals surface area contributed by atoms with Crippen LogP contribution < -0.4 is 4.74 Å². The van der Waals surface area contributed by atoms with Gasteiger partial charge in [0.25, 0.3) is 0 Å². The van der Waals surface area contributed by atoms with Crippen LogP contribution in [0.2, 0.25) is 0 Å². The Morgan fingerprint density at radius 2 is 2.00 bits per heavy atom. The van der Waals surface area contributed by atoms with Crippen LogP contribution in [0, 0.1) is 17.8 Å². The third-order valence-electron chi connectivity index (χ3n) is 6.85. The Bertz CT molecular complexity index is 911. The van der Waals surface area contributed by atoms with E-state index < -0.39 is 0 Å². The van der Waals surface area contributed by atoms with Crippen LogP contribution in [0.4, 0.5) is 0 Å². The molecule has 2 aliphatic rings. The lowest BCUT2D eigenvalue weighted by Crippen LogP contribution is -2.37. The van der Waals surface area contributed by atoms with Crippen LogP contribution in [-0.2, 0) is 7.05 Å². The van der Waals surface area contributed by atoms with Crippen LogP contribution in [0.1, 0.15) is 56.1 Å². The van der Waals surface area contributed by atoms with Crippen molar-refractivity contribution in [2.24, 2.45) is 17.9 Å². The van der Waals surface area contributed by atoms with E-state index in [2.05, 4.69) is 30.2 Å². The average molecular weight is 369 g/mol. The number of nitrogens with zero attached hydrogens (tertiary/aromatic N) is 2. The van der Waals surface area contributed by atoms with E-state index in [9.17, 15) is 4.79 Å². The number of fused-ring (bicyclic) bond motifs is 3. The first kappa shape index (κ1) is 18.5. The molecule has 0 spiro atoms. The molecule has 4 rings (SSSR count). The predicted octanol–water partition coefficient (Wildman–Crippen LogP) is 4.58. The smallest absolute Gasteiger partial charge is 0.179 e. The number of rotatable bonds is 4. The third-order valence-corrected chi connectivity index (χ3v) is 6.85. The Kier molecular flexibility index (Phi) is 4.19. The molecule has 2 aromatic rings. The van der Waals surface area contributed by atoms with Crippen molar-refractivity contribution in [3.8, 4) is 5.75 Å². The zero-order chi connectivity index (χ0) is 19.6. The Balaban J connectivity index is 1.65. The van der Waals surface area contributed by atoms with Crippen molar-refractivity contribution in [2.75, 3.05) is 20.2 Å². The number of hydrogen-bond acceptors (Lipinski definition) is 3. The van der Waals surface area contributed by atoms with E-state index in [0.29, 0.717) is 23.4 Å². The molecule has 1 aliphatic carbocycles. The van der Waals surface area contributed by atoms with Gasteiger partial charge in [-0.3, -0.25) is 9.69 Å². The number of carbonyl (C=O) groups is 1. The Morgan fingerprint density at radius 3 is 2.70 bits per heavy atom. The third kappa shape index (κ3) is 3.08. The molecule has 27 heavy (non-hydrogen) atoms. The van der Waals surface area contributed by atoms with Gasteiger partial charge in [0.2, 0.25) is 0 Å². The molecular formula is C23H32N2O2. The van der Waals surface area contributed by atoms with E-state index in [1.165, 1.54) is 19.3 Å². The van der Waals surface area contributed by atoms with Gasteiger partial charge in [0.1, 0.15) is 5.75 Å². The van der Waals surface area contributed by atoms with Gasteiger partial charge < -0.3 is 9.30 Å². The topological polar surface area (TPSA) is 34.5 Å². The second-order valence-corrected chi connectivity index (χ2v) is 9.94. The summed E-state index contributed by atoms with van der Waals surface area (Å²) in [5, 5.41) is 1.01. The highest BCUT2D eigenvalue weighted by Gasteiger charge is 2.49. The molecule has 0 radical (unpaired) electrons. The van der Waals surface area contributed by atoms with Crippen LogP contribution in [0.25, 0.3) is 10.9 Å². The highest BCUT2D eigenvalue weighted by atomic mass is 16.5. The average Bonchev–Trinajstić information content (AvgIpc) is 2.96. The summed E-state index contributed by atoms with van der Waals surface area (Å²) in [6.45, 7) is 10.8. The van der Waals surface area contributed by atoms with Gasteiger partial charge in [-0.2, -0.15) is 0 Å². The molecule has 1 aliphatic heterocycles. The van der Waals surface area contributed by atoms with Crippen LogP contribution in [0.15, 0.2) is 18.2 Å². The van der Waals surface area contributed by atoms with Crippen molar-refractivity contribution < 1.29 is 9.53 Å². The summed E-state index contributed by atoms with van der Waals surface area (Å²) in [5.41, 5.74) is 3.71. The molecule has 146 valence electrons. The van der Waals surface area contributed by atoms with Crippen molar-refractivity contribution in [3.05, 3.63) is 29.5 Å². The second-order valence-electron chi connectivity index (χ2n) is 9.94. The Morgan fingerprint density at radius 1 is 1.26 bits per heavy atom. The molecule has 2 fully saturated rings. The highest BCUT2D eigenvalue weighted by Crippen LogP contribution is 2.52. The highest BCUT2D eigenvalue weighted by molar-refractivity contribution is 6.10.